The number of hydrogen-bond acceptors (Lipinski definition) is 3. The van der Waals surface area contributed by atoms with Gasteiger partial charge in [0.05, 0.1) is 6.20 Å². The van der Waals surface area contributed by atoms with Gasteiger partial charge in [-0.15, -0.1) is 0 Å². The Balaban J connectivity index is 2.53. The molecule has 0 aliphatic rings. The first-order valence-corrected chi connectivity index (χ1v) is 3.91. The largest absolute Gasteiger partial charge is 0.492 e. The zero-order valence-electron chi connectivity index (χ0n) is 7.18. The van der Waals surface area contributed by atoms with Crippen molar-refractivity contribution in [3.05, 3.63) is 30.6 Å². The van der Waals surface area contributed by atoms with Gasteiger partial charge in [0.1, 0.15) is 5.69 Å². The monoisotopic (exact) mass is 175 g/mol. The van der Waals surface area contributed by atoms with Crippen molar-refractivity contribution < 1.29 is 5.11 Å². The number of rotatable bonds is 1. The molecule has 2 aromatic heterocycles. The quantitative estimate of drug-likeness (QED) is 0.708. The summed E-state index contributed by atoms with van der Waals surface area (Å²) in [6, 6.07) is 5.57. The SMILES string of the molecule is Cn1cc(O)nc1-c1ccccn1. The van der Waals surface area contributed by atoms with E-state index in [1.54, 1.807) is 17.0 Å². The molecule has 66 valence electrons. The lowest BCUT2D eigenvalue weighted by Crippen LogP contribution is -1.92. The number of aryl methyl sites for hydroxylation is 1. The summed E-state index contributed by atoms with van der Waals surface area (Å²) in [5.41, 5.74) is 0.755. The summed E-state index contributed by atoms with van der Waals surface area (Å²) in [6.07, 6.45) is 3.24. The Kier molecular flexibility index (Phi) is 1.73. The third-order valence-electron chi connectivity index (χ3n) is 1.76. The molecule has 0 amide bonds. The molecule has 4 heteroatoms. The average molecular weight is 175 g/mol. The van der Waals surface area contributed by atoms with Crippen molar-refractivity contribution in [3.8, 4) is 17.4 Å². The maximum Gasteiger partial charge on any atom is 0.229 e. The molecule has 1 N–H and O–H groups in total. The molecule has 0 aromatic carbocycles. The second-order valence-corrected chi connectivity index (χ2v) is 2.75. The van der Waals surface area contributed by atoms with Gasteiger partial charge in [-0.1, -0.05) is 6.07 Å². The highest BCUT2D eigenvalue weighted by molar-refractivity contribution is 5.50. The van der Waals surface area contributed by atoms with E-state index in [1.807, 2.05) is 25.2 Å². The van der Waals surface area contributed by atoms with E-state index in [0.717, 1.165) is 5.69 Å². The molecule has 0 spiro atoms. The van der Waals surface area contributed by atoms with Crippen LogP contribution in [0.15, 0.2) is 30.6 Å². The highest BCUT2D eigenvalue weighted by atomic mass is 16.3. The molecule has 0 saturated heterocycles. The maximum absolute atomic E-state index is 9.14. The summed E-state index contributed by atoms with van der Waals surface area (Å²) in [5, 5.41) is 9.14. The second-order valence-electron chi connectivity index (χ2n) is 2.75. The van der Waals surface area contributed by atoms with E-state index in [-0.39, 0.29) is 5.88 Å². The van der Waals surface area contributed by atoms with Crippen molar-refractivity contribution in [2.75, 3.05) is 0 Å². The Hall–Kier alpha value is -1.84. The Bertz CT molecular complexity index is 408. The van der Waals surface area contributed by atoms with Crippen molar-refractivity contribution in [2.24, 2.45) is 7.05 Å². The molecule has 2 rings (SSSR count). The van der Waals surface area contributed by atoms with Gasteiger partial charge in [0.2, 0.25) is 5.88 Å². The van der Waals surface area contributed by atoms with Crippen LogP contribution < -0.4 is 0 Å². The Labute approximate surface area is 75.5 Å². The second kappa shape index (κ2) is 2.90. The summed E-state index contributed by atoms with van der Waals surface area (Å²) < 4.78 is 1.73. The fraction of sp³-hybridized carbons (Fsp3) is 0.111. The van der Waals surface area contributed by atoms with Gasteiger partial charge < -0.3 is 9.67 Å². The molecule has 0 bridgehead atoms. The van der Waals surface area contributed by atoms with Crippen LogP contribution in [-0.2, 0) is 7.05 Å². The molecule has 0 radical (unpaired) electrons. The van der Waals surface area contributed by atoms with Crippen molar-refractivity contribution >= 4 is 0 Å². The number of hydrogen-bond donors (Lipinski definition) is 1. The van der Waals surface area contributed by atoms with Crippen LogP contribution in [0.5, 0.6) is 5.88 Å². The van der Waals surface area contributed by atoms with Crippen LogP contribution in [0, 0.1) is 0 Å². The van der Waals surface area contributed by atoms with Crippen molar-refractivity contribution in [1.82, 2.24) is 14.5 Å². The van der Waals surface area contributed by atoms with Crippen LogP contribution >= 0.6 is 0 Å². The third-order valence-corrected chi connectivity index (χ3v) is 1.76. The molecule has 2 heterocycles. The number of aromatic hydroxyl groups is 1. The van der Waals surface area contributed by atoms with E-state index in [1.165, 1.54) is 0 Å². The van der Waals surface area contributed by atoms with Crippen LogP contribution in [-0.4, -0.2) is 19.6 Å². The van der Waals surface area contributed by atoms with Crippen LogP contribution in [0.4, 0.5) is 0 Å². The van der Waals surface area contributed by atoms with Gasteiger partial charge in [-0.3, -0.25) is 4.98 Å². The lowest BCUT2D eigenvalue weighted by molar-refractivity contribution is 0.456. The molecule has 0 aliphatic carbocycles. The van der Waals surface area contributed by atoms with Gasteiger partial charge in [-0.2, -0.15) is 4.98 Å². The molecule has 0 atom stereocenters. The molecule has 0 fully saturated rings. The van der Waals surface area contributed by atoms with Gasteiger partial charge in [0.25, 0.3) is 0 Å². The summed E-state index contributed by atoms with van der Waals surface area (Å²) in [7, 11) is 1.82. The lowest BCUT2D eigenvalue weighted by atomic mass is 10.3. The zero-order valence-corrected chi connectivity index (χ0v) is 7.18. The highest BCUT2D eigenvalue weighted by Gasteiger charge is 2.06. The lowest BCUT2D eigenvalue weighted by Gasteiger charge is -1.97. The summed E-state index contributed by atoms with van der Waals surface area (Å²) in [6.45, 7) is 0. The Morgan fingerprint density at radius 3 is 2.77 bits per heavy atom. The van der Waals surface area contributed by atoms with E-state index in [0.29, 0.717) is 5.82 Å². The van der Waals surface area contributed by atoms with E-state index >= 15 is 0 Å². The van der Waals surface area contributed by atoms with Gasteiger partial charge in [0, 0.05) is 13.2 Å². The van der Waals surface area contributed by atoms with Crippen molar-refractivity contribution in [2.45, 2.75) is 0 Å². The maximum atomic E-state index is 9.14. The van der Waals surface area contributed by atoms with E-state index < -0.39 is 0 Å². The molecule has 0 saturated carbocycles. The smallest absolute Gasteiger partial charge is 0.229 e. The fourth-order valence-corrected chi connectivity index (χ4v) is 1.18. The first-order chi connectivity index (χ1) is 6.27. The first-order valence-electron chi connectivity index (χ1n) is 3.91. The van der Waals surface area contributed by atoms with Gasteiger partial charge >= 0.3 is 0 Å². The minimum absolute atomic E-state index is 0.0168. The number of aromatic nitrogens is 3. The van der Waals surface area contributed by atoms with Crippen LogP contribution in [0.3, 0.4) is 0 Å². The standard InChI is InChI=1S/C9H9N3O/c1-12-6-8(13)11-9(12)7-4-2-3-5-10-7/h2-6,13H,1H3. The average Bonchev–Trinajstić information content (AvgIpc) is 2.47. The van der Waals surface area contributed by atoms with Crippen molar-refractivity contribution in [3.63, 3.8) is 0 Å². The van der Waals surface area contributed by atoms with Crippen LogP contribution in [0.1, 0.15) is 0 Å². The summed E-state index contributed by atoms with van der Waals surface area (Å²) in [4.78, 5) is 8.07. The molecule has 4 nitrogen and oxygen atoms in total. The minimum atomic E-state index is 0.0168. The Morgan fingerprint density at radius 1 is 1.38 bits per heavy atom. The molecule has 0 aliphatic heterocycles. The zero-order chi connectivity index (χ0) is 9.26. The molecule has 0 unspecified atom stereocenters. The molecular formula is C9H9N3O. The Morgan fingerprint density at radius 2 is 2.23 bits per heavy atom. The molecule has 2 aromatic rings. The van der Waals surface area contributed by atoms with Crippen LogP contribution in [0.2, 0.25) is 0 Å². The van der Waals surface area contributed by atoms with E-state index in [9.17, 15) is 0 Å². The number of nitrogens with zero attached hydrogens (tertiary/aromatic N) is 3. The summed E-state index contributed by atoms with van der Waals surface area (Å²) in [5.74, 6) is 0.682. The normalized spacial score (nSPS) is 10.2. The van der Waals surface area contributed by atoms with Gasteiger partial charge in [-0.05, 0) is 12.1 Å². The van der Waals surface area contributed by atoms with E-state index in [4.69, 9.17) is 5.11 Å². The number of pyridine rings is 1. The predicted molar refractivity (Wildman–Crippen MR) is 48.1 cm³/mol. The fourth-order valence-electron chi connectivity index (χ4n) is 1.18. The topological polar surface area (TPSA) is 50.9 Å². The first kappa shape index (κ1) is 7.79. The third kappa shape index (κ3) is 1.38. The number of imidazole rings is 1. The van der Waals surface area contributed by atoms with Crippen molar-refractivity contribution in [1.29, 1.82) is 0 Å². The minimum Gasteiger partial charge on any atom is -0.492 e. The molecule has 13 heavy (non-hydrogen) atoms. The van der Waals surface area contributed by atoms with E-state index in [2.05, 4.69) is 9.97 Å². The summed E-state index contributed by atoms with van der Waals surface area (Å²) >= 11 is 0. The van der Waals surface area contributed by atoms with Crippen LogP contribution in [0.25, 0.3) is 11.5 Å². The predicted octanol–water partition coefficient (Wildman–Crippen LogP) is 1.19. The molecular weight excluding hydrogens is 166 g/mol. The highest BCUT2D eigenvalue weighted by Crippen LogP contribution is 2.17. The van der Waals surface area contributed by atoms with Gasteiger partial charge in [0.15, 0.2) is 5.82 Å². The van der Waals surface area contributed by atoms with Gasteiger partial charge in [-0.25, -0.2) is 0 Å².